The van der Waals surface area contributed by atoms with Crippen LogP contribution in [0.2, 0.25) is 0 Å². The first-order valence-corrected chi connectivity index (χ1v) is 13.5. The predicted molar refractivity (Wildman–Crippen MR) is 144 cm³/mol. The van der Waals surface area contributed by atoms with E-state index in [1.165, 1.54) is 12.1 Å². The summed E-state index contributed by atoms with van der Waals surface area (Å²) >= 11 is 14.9. The lowest BCUT2D eigenvalue weighted by Crippen LogP contribution is -2.57. The molecule has 5 nitrogen and oxygen atoms in total. The van der Waals surface area contributed by atoms with Crippen LogP contribution >= 0.6 is 23.2 Å². The molecule has 1 fully saturated rings. The summed E-state index contributed by atoms with van der Waals surface area (Å²) in [7, 11) is 0. The molecule has 0 spiro atoms. The van der Waals surface area contributed by atoms with Crippen LogP contribution in [0.3, 0.4) is 0 Å². The number of amides is 3. The number of carbonyl (C=O) groups is 3. The van der Waals surface area contributed by atoms with E-state index in [-0.39, 0.29) is 5.69 Å². The molecule has 1 saturated heterocycles. The Morgan fingerprint density at radius 2 is 1.27 bits per heavy atom. The van der Waals surface area contributed by atoms with Gasteiger partial charge < -0.3 is 5.32 Å². The SMILES string of the molecule is CC(C)[C@@H](C(=O)Nc1cccc(C(F)(F)F)c1)N1C(=O)[C@H]2[C@H](C1=O)C1(Cl)c3ccccc3C2(Cl)c2ccccc21. The van der Waals surface area contributed by atoms with Gasteiger partial charge in [-0.1, -0.05) is 68.4 Å². The molecule has 2 bridgehead atoms. The number of carbonyl (C=O) groups excluding carboxylic acids is 3. The van der Waals surface area contributed by atoms with Crippen LogP contribution in [-0.4, -0.2) is 28.7 Å². The number of nitrogens with one attached hydrogen (secondary N) is 1. The highest BCUT2D eigenvalue weighted by Crippen LogP contribution is 2.69. The molecule has 0 aromatic heterocycles. The minimum absolute atomic E-state index is 0.107. The monoisotopic (exact) mass is 586 g/mol. The van der Waals surface area contributed by atoms with E-state index in [2.05, 4.69) is 5.32 Å². The zero-order valence-electron chi connectivity index (χ0n) is 21.3. The fraction of sp³-hybridized carbons (Fsp3) is 0.300. The second-order valence-corrected chi connectivity index (χ2v) is 12.0. The maximum atomic E-state index is 14.2. The van der Waals surface area contributed by atoms with Crippen LogP contribution in [0.4, 0.5) is 18.9 Å². The second-order valence-electron chi connectivity index (χ2n) is 10.8. The Hall–Kier alpha value is -3.36. The maximum absolute atomic E-state index is 14.2. The third kappa shape index (κ3) is 3.45. The van der Waals surface area contributed by atoms with Gasteiger partial charge in [0, 0.05) is 5.69 Å². The molecule has 3 aliphatic carbocycles. The molecule has 0 radical (unpaired) electrons. The molecule has 206 valence electrons. The Labute approximate surface area is 238 Å². The normalized spacial score (nSPS) is 27.4. The van der Waals surface area contributed by atoms with Gasteiger partial charge in [0.25, 0.3) is 0 Å². The van der Waals surface area contributed by atoms with Gasteiger partial charge in [-0.15, -0.1) is 23.2 Å². The van der Waals surface area contributed by atoms with Gasteiger partial charge in [-0.2, -0.15) is 13.2 Å². The number of halogens is 5. The van der Waals surface area contributed by atoms with Crippen LogP contribution in [0.5, 0.6) is 0 Å². The van der Waals surface area contributed by atoms with Crippen molar-refractivity contribution >= 4 is 46.6 Å². The minimum atomic E-state index is -4.61. The molecule has 3 amide bonds. The predicted octanol–water partition coefficient (Wildman–Crippen LogP) is 6.26. The van der Waals surface area contributed by atoms with E-state index in [0.717, 1.165) is 17.0 Å². The van der Waals surface area contributed by atoms with E-state index in [1.54, 1.807) is 62.4 Å². The average molecular weight is 587 g/mol. The molecular formula is C30H23Cl2F3N2O3. The lowest BCUT2D eigenvalue weighted by atomic mass is 9.54. The second kappa shape index (κ2) is 8.82. The van der Waals surface area contributed by atoms with Gasteiger partial charge in [-0.05, 0) is 46.4 Å². The number of imide groups is 1. The summed E-state index contributed by atoms with van der Waals surface area (Å²) < 4.78 is 39.8. The highest BCUT2D eigenvalue weighted by Gasteiger charge is 2.73. The summed E-state index contributed by atoms with van der Waals surface area (Å²) in [5.74, 6) is -4.82. The van der Waals surface area contributed by atoms with Gasteiger partial charge in [-0.3, -0.25) is 19.3 Å². The van der Waals surface area contributed by atoms with Crippen LogP contribution in [0.1, 0.15) is 41.7 Å². The quantitative estimate of drug-likeness (QED) is 0.290. The molecule has 1 aliphatic heterocycles. The molecule has 1 N–H and O–H groups in total. The smallest absolute Gasteiger partial charge is 0.324 e. The van der Waals surface area contributed by atoms with E-state index in [0.29, 0.717) is 22.3 Å². The Morgan fingerprint density at radius 3 is 1.68 bits per heavy atom. The molecule has 1 heterocycles. The van der Waals surface area contributed by atoms with Crippen molar-refractivity contribution in [2.24, 2.45) is 17.8 Å². The van der Waals surface area contributed by atoms with Crippen LogP contribution in [-0.2, 0) is 30.3 Å². The fourth-order valence-corrected chi connectivity index (χ4v) is 7.77. The standard InChI is InChI=1S/C30H23Cl2F3N2O3/c1-15(2)24(25(38)36-17-9-7-8-16(14-17)30(33,34)35)37-26(39)22-23(27(37)40)29(32)19-11-4-3-10-18(19)28(22,31)20-12-5-6-13-21(20)29/h3-15,22-24H,1-2H3,(H,36,38)/t22-,23-,24+,28?,29?/m1/s1. The molecule has 4 aliphatic rings. The van der Waals surface area contributed by atoms with Crippen molar-refractivity contribution in [3.05, 3.63) is 101 Å². The summed E-state index contributed by atoms with van der Waals surface area (Å²) in [4.78, 5) is 40.1. The zero-order valence-corrected chi connectivity index (χ0v) is 22.8. The van der Waals surface area contributed by atoms with Crippen LogP contribution in [0.15, 0.2) is 72.8 Å². The molecule has 0 unspecified atom stereocenters. The number of likely N-dealkylation sites (tertiary alicyclic amines) is 1. The number of rotatable bonds is 4. The molecule has 3 aromatic carbocycles. The van der Waals surface area contributed by atoms with Crippen LogP contribution in [0, 0.1) is 17.8 Å². The van der Waals surface area contributed by atoms with E-state index in [9.17, 15) is 27.6 Å². The zero-order chi connectivity index (χ0) is 28.8. The highest BCUT2D eigenvalue weighted by atomic mass is 35.5. The minimum Gasteiger partial charge on any atom is -0.324 e. The number of hydrogen-bond acceptors (Lipinski definition) is 3. The number of hydrogen-bond donors (Lipinski definition) is 1. The molecule has 0 saturated carbocycles. The van der Waals surface area contributed by atoms with Gasteiger partial charge in [0.1, 0.15) is 15.8 Å². The number of benzene rings is 3. The highest BCUT2D eigenvalue weighted by molar-refractivity contribution is 6.36. The summed E-state index contributed by atoms with van der Waals surface area (Å²) in [5, 5.41) is 2.48. The van der Waals surface area contributed by atoms with Crippen molar-refractivity contribution in [1.82, 2.24) is 4.90 Å². The first kappa shape index (κ1) is 26.8. The van der Waals surface area contributed by atoms with Crippen LogP contribution < -0.4 is 5.32 Å². The lowest BCUT2D eigenvalue weighted by Gasteiger charge is -2.54. The summed E-state index contributed by atoms with van der Waals surface area (Å²) in [5.41, 5.74) is 1.47. The molecule has 3 aromatic rings. The molecule has 40 heavy (non-hydrogen) atoms. The lowest BCUT2D eigenvalue weighted by molar-refractivity contribution is -0.148. The summed E-state index contributed by atoms with van der Waals surface area (Å²) in [6, 6.07) is 17.2. The molecule has 7 rings (SSSR count). The van der Waals surface area contributed by atoms with Gasteiger partial charge in [-0.25, -0.2) is 0 Å². The Balaban J connectivity index is 1.44. The van der Waals surface area contributed by atoms with Crippen molar-refractivity contribution < 1.29 is 27.6 Å². The first-order chi connectivity index (χ1) is 18.8. The van der Waals surface area contributed by atoms with Crippen molar-refractivity contribution in [3.63, 3.8) is 0 Å². The third-order valence-corrected chi connectivity index (χ3v) is 9.54. The summed E-state index contributed by atoms with van der Waals surface area (Å²) in [6.45, 7) is 3.31. The Bertz CT molecular complexity index is 1470. The van der Waals surface area contributed by atoms with E-state index in [4.69, 9.17) is 23.2 Å². The van der Waals surface area contributed by atoms with Crippen molar-refractivity contribution in [3.8, 4) is 0 Å². The van der Waals surface area contributed by atoms with Crippen molar-refractivity contribution in [2.75, 3.05) is 5.32 Å². The number of anilines is 1. The number of nitrogens with zero attached hydrogens (tertiary/aromatic N) is 1. The van der Waals surface area contributed by atoms with E-state index >= 15 is 0 Å². The van der Waals surface area contributed by atoms with E-state index < -0.39 is 63.0 Å². The molecule has 10 heteroatoms. The van der Waals surface area contributed by atoms with Crippen LogP contribution in [0.25, 0.3) is 0 Å². The Morgan fingerprint density at radius 1 is 0.825 bits per heavy atom. The van der Waals surface area contributed by atoms with Gasteiger partial charge >= 0.3 is 6.18 Å². The van der Waals surface area contributed by atoms with Gasteiger partial charge in [0.2, 0.25) is 17.7 Å². The molecular weight excluding hydrogens is 564 g/mol. The summed E-state index contributed by atoms with van der Waals surface area (Å²) in [6.07, 6.45) is -4.61. The van der Waals surface area contributed by atoms with Crippen molar-refractivity contribution in [1.29, 1.82) is 0 Å². The largest absolute Gasteiger partial charge is 0.416 e. The topological polar surface area (TPSA) is 66.5 Å². The van der Waals surface area contributed by atoms with Crippen molar-refractivity contribution in [2.45, 2.75) is 35.8 Å². The maximum Gasteiger partial charge on any atom is 0.416 e. The van der Waals surface area contributed by atoms with Gasteiger partial charge in [0.15, 0.2) is 0 Å². The van der Waals surface area contributed by atoms with E-state index in [1.807, 2.05) is 0 Å². The fourth-order valence-electron chi connectivity index (χ4n) is 6.67. The number of alkyl halides is 5. The average Bonchev–Trinajstić information content (AvgIpc) is 3.18. The van der Waals surface area contributed by atoms with Gasteiger partial charge in [0.05, 0.1) is 17.4 Å². The first-order valence-electron chi connectivity index (χ1n) is 12.8. The Kier molecular flexibility index (Phi) is 5.92. The molecule has 3 atom stereocenters. The third-order valence-electron chi connectivity index (χ3n) is 8.26.